The Labute approximate surface area is 178 Å². The monoisotopic (exact) mass is 437 g/mol. The van der Waals surface area contributed by atoms with Crippen LogP contribution in [0.4, 0.5) is 16.2 Å². The van der Waals surface area contributed by atoms with Crippen molar-refractivity contribution in [1.82, 2.24) is 5.32 Å². The van der Waals surface area contributed by atoms with Gasteiger partial charge >= 0.3 is 6.09 Å². The number of hydrogen-bond acceptors (Lipinski definition) is 6. The van der Waals surface area contributed by atoms with E-state index in [9.17, 15) is 14.4 Å². The van der Waals surface area contributed by atoms with Crippen molar-refractivity contribution in [3.63, 3.8) is 0 Å². The van der Waals surface area contributed by atoms with Crippen LogP contribution >= 0.6 is 22.9 Å². The van der Waals surface area contributed by atoms with Gasteiger partial charge in [-0.25, -0.2) is 4.79 Å². The quantitative estimate of drug-likeness (QED) is 0.776. The highest BCUT2D eigenvalue weighted by atomic mass is 35.5. The van der Waals surface area contributed by atoms with Crippen molar-refractivity contribution < 1.29 is 26.6 Å². The van der Waals surface area contributed by atoms with E-state index in [1.807, 2.05) is 0 Å². The Balaban J connectivity index is 1.39. The Morgan fingerprint density at radius 1 is 1.21 bits per heavy atom. The molecule has 3 heterocycles. The van der Waals surface area contributed by atoms with Crippen LogP contribution in [0.5, 0.6) is 0 Å². The van der Waals surface area contributed by atoms with Gasteiger partial charge in [0.1, 0.15) is 12.7 Å². The van der Waals surface area contributed by atoms with E-state index in [4.69, 9.17) is 23.8 Å². The second-order valence-corrected chi connectivity index (χ2v) is 8.04. The topological polar surface area (TPSA) is 88.2 Å². The molecule has 2 saturated heterocycles. The average Bonchev–Trinajstić information content (AvgIpc) is 3.31. The number of thiophene rings is 1. The molecule has 3 amide bonds. The van der Waals surface area contributed by atoms with Gasteiger partial charge in [0.05, 0.1) is 31.7 Å². The Kier molecular flexibility index (Phi) is 5.00. The Hall–Kier alpha value is -2.62. The number of benzene rings is 1. The number of carbonyl (C=O) groups is 3. The molecular weight excluding hydrogens is 418 g/mol. The number of nitrogens with zero attached hydrogens (tertiary/aromatic N) is 2. The summed E-state index contributed by atoms with van der Waals surface area (Å²) in [5.41, 5.74) is 0.905. The van der Waals surface area contributed by atoms with E-state index in [0.717, 1.165) is 16.2 Å². The molecule has 2 aliphatic rings. The zero-order valence-corrected chi connectivity index (χ0v) is 16.7. The van der Waals surface area contributed by atoms with Gasteiger partial charge in [-0.3, -0.25) is 14.5 Å². The predicted octanol–water partition coefficient (Wildman–Crippen LogP) is 2.52. The molecule has 10 heteroatoms. The molecule has 0 radical (unpaired) electrons. The number of hydrogen-bond donors (Lipinski definition) is 1. The molecule has 0 bridgehead atoms. The molecule has 0 saturated carbocycles. The van der Waals surface area contributed by atoms with Crippen LogP contribution < -0.4 is 15.1 Å². The molecule has 1 N–H and O–H groups in total. The summed E-state index contributed by atoms with van der Waals surface area (Å²) in [6.45, 7) is -1.98. The van der Waals surface area contributed by atoms with Crippen molar-refractivity contribution in [1.29, 1.82) is 0 Å². The van der Waals surface area contributed by atoms with E-state index < -0.39 is 24.6 Å². The lowest BCUT2D eigenvalue weighted by atomic mass is 10.2. The first-order valence-electron chi connectivity index (χ1n) is 9.77. The van der Waals surface area contributed by atoms with Gasteiger partial charge in [-0.05, 0) is 36.4 Å². The van der Waals surface area contributed by atoms with Crippen LogP contribution in [-0.4, -0.2) is 56.8 Å². The van der Waals surface area contributed by atoms with Gasteiger partial charge in [0, 0.05) is 17.9 Å². The fraction of sp³-hybridized carbons (Fsp3) is 0.316. The third kappa shape index (κ3) is 4.36. The third-order valence-electron chi connectivity index (χ3n) is 4.38. The maximum Gasteiger partial charge on any atom is 0.414 e. The van der Waals surface area contributed by atoms with E-state index in [1.165, 1.54) is 4.90 Å². The molecule has 4 rings (SSSR count). The minimum atomic E-state index is -1.96. The summed E-state index contributed by atoms with van der Waals surface area (Å²) in [4.78, 5) is 39.5. The first-order chi connectivity index (χ1) is 14.7. The van der Waals surface area contributed by atoms with Crippen LogP contribution in [-0.2, 0) is 14.3 Å². The van der Waals surface area contributed by atoms with Gasteiger partial charge in [-0.2, -0.15) is 0 Å². The van der Waals surface area contributed by atoms with Crippen LogP contribution in [0.15, 0.2) is 36.4 Å². The highest BCUT2D eigenvalue weighted by molar-refractivity contribution is 7.18. The lowest BCUT2D eigenvalue weighted by Crippen LogP contribution is -2.41. The first-order valence-corrected chi connectivity index (χ1v) is 9.96. The molecule has 29 heavy (non-hydrogen) atoms. The summed E-state index contributed by atoms with van der Waals surface area (Å²) in [7, 11) is 0. The maximum atomic E-state index is 12.3. The highest BCUT2D eigenvalue weighted by Gasteiger charge is 2.33. The van der Waals surface area contributed by atoms with E-state index in [0.29, 0.717) is 20.6 Å². The molecule has 8 nitrogen and oxygen atoms in total. The van der Waals surface area contributed by atoms with Gasteiger partial charge in [0.2, 0.25) is 0 Å². The summed E-state index contributed by atoms with van der Waals surface area (Å²) in [6.07, 6.45) is -1.08. The lowest BCUT2D eigenvalue weighted by molar-refractivity contribution is -0.125. The summed E-state index contributed by atoms with van der Waals surface area (Å²) < 4.78 is 26.8. The SMILES string of the molecule is [2H]C1([2H])COCC(=O)N1c1ccc(N2C[C@H](CNC(=O)c3ccc(Cl)s3)OC2=O)cc1. The molecule has 0 aliphatic carbocycles. The number of halogens is 1. The second-order valence-electron chi connectivity index (χ2n) is 6.33. The van der Waals surface area contributed by atoms with Crippen molar-refractivity contribution in [2.75, 3.05) is 42.6 Å². The fourth-order valence-electron chi connectivity index (χ4n) is 2.99. The van der Waals surface area contributed by atoms with Crippen LogP contribution in [0.2, 0.25) is 4.34 Å². The van der Waals surface area contributed by atoms with Crippen molar-refractivity contribution in [3.8, 4) is 0 Å². The van der Waals surface area contributed by atoms with Crippen molar-refractivity contribution >= 4 is 52.2 Å². The lowest BCUT2D eigenvalue weighted by Gasteiger charge is -2.27. The van der Waals surface area contributed by atoms with Crippen LogP contribution in [0, 0.1) is 0 Å². The highest BCUT2D eigenvalue weighted by Crippen LogP contribution is 2.26. The predicted molar refractivity (Wildman–Crippen MR) is 109 cm³/mol. The third-order valence-corrected chi connectivity index (χ3v) is 5.61. The van der Waals surface area contributed by atoms with Gasteiger partial charge < -0.3 is 19.7 Å². The van der Waals surface area contributed by atoms with Crippen LogP contribution in [0.3, 0.4) is 0 Å². The largest absolute Gasteiger partial charge is 0.442 e. The second kappa shape index (κ2) is 8.40. The van der Waals surface area contributed by atoms with E-state index in [2.05, 4.69) is 5.32 Å². The first kappa shape index (κ1) is 17.3. The zero-order valence-electron chi connectivity index (χ0n) is 17.1. The fourth-order valence-corrected chi connectivity index (χ4v) is 3.95. The molecule has 1 aromatic carbocycles. The summed E-state index contributed by atoms with van der Waals surface area (Å²) in [5.74, 6) is -0.771. The number of morpholine rings is 1. The number of carbonyl (C=O) groups excluding carboxylic acids is 3. The number of amides is 3. The van der Waals surface area contributed by atoms with Crippen LogP contribution in [0.1, 0.15) is 12.4 Å². The van der Waals surface area contributed by atoms with E-state index in [1.54, 1.807) is 36.4 Å². The molecule has 0 spiro atoms. The normalized spacial score (nSPS) is 22.2. The van der Waals surface area contributed by atoms with Gasteiger partial charge in [0.15, 0.2) is 0 Å². The number of ether oxygens (including phenoxy) is 2. The molecule has 1 atom stereocenters. The van der Waals surface area contributed by atoms with Crippen LogP contribution in [0.25, 0.3) is 0 Å². The summed E-state index contributed by atoms with van der Waals surface area (Å²) in [5, 5.41) is 2.72. The number of cyclic esters (lactones) is 1. The summed E-state index contributed by atoms with van der Waals surface area (Å²) in [6, 6.07) is 9.63. The molecule has 2 aliphatic heterocycles. The van der Waals surface area contributed by atoms with Gasteiger partial charge in [0.25, 0.3) is 11.8 Å². The average molecular weight is 438 g/mol. The number of anilines is 2. The minimum Gasteiger partial charge on any atom is -0.442 e. The van der Waals surface area contributed by atoms with E-state index >= 15 is 0 Å². The standard InChI is InChI=1S/C19H18ClN3O5S/c20-16-6-5-15(29-16)18(25)21-9-14-10-23(19(26)28-14)13-3-1-12(2-4-13)22-7-8-27-11-17(22)24/h1-6,14H,7-11H2,(H,21,25)/t14-/m0/s1/i7D2. The van der Waals surface area contributed by atoms with Gasteiger partial charge in [-0.15, -0.1) is 11.3 Å². The Morgan fingerprint density at radius 3 is 2.59 bits per heavy atom. The minimum absolute atomic E-state index is 0.150. The molecular formula is C19H18ClN3O5S. The number of nitrogens with one attached hydrogen (secondary N) is 1. The Bertz CT molecular complexity index is 1020. The molecule has 152 valence electrons. The smallest absolute Gasteiger partial charge is 0.414 e. The van der Waals surface area contributed by atoms with Crippen molar-refractivity contribution in [3.05, 3.63) is 45.6 Å². The molecule has 0 unspecified atom stereocenters. The van der Waals surface area contributed by atoms with Gasteiger partial charge in [-0.1, -0.05) is 11.6 Å². The molecule has 2 fully saturated rings. The van der Waals surface area contributed by atoms with Crippen molar-refractivity contribution in [2.45, 2.75) is 6.10 Å². The molecule has 2 aromatic rings. The van der Waals surface area contributed by atoms with E-state index in [-0.39, 0.29) is 32.2 Å². The number of rotatable bonds is 5. The zero-order chi connectivity index (χ0) is 22.2. The molecule has 1 aromatic heterocycles. The maximum absolute atomic E-state index is 12.3. The van der Waals surface area contributed by atoms with Crippen molar-refractivity contribution in [2.24, 2.45) is 0 Å². The Morgan fingerprint density at radius 2 is 1.93 bits per heavy atom. The summed E-state index contributed by atoms with van der Waals surface area (Å²) >= 11 is 7.00.